The topological polar surface area (TPSA) is 70.7 Å². The first-order valence-corrected chi connectivity index (χ1v) is 10.4. The molecular formula is C27H21NO4. The van der Waals surface area contributed by atoms with Crippen molar-refractivity contribution in [2.75, 3.05) is 4.90 Å². The number of hydrogen-bond acceptors (Lipinski definition) is 4. The largest absolute Gasteiger partial charge is 0.465 e. The predicted molar refractivity (Wildman–Crippen MR) is 123 cm³/mol. The van der Waals surface area contributed by atoms with E-state index >= 15 is 0 Å². The molecule has 32 heavy (non-hydrogen) atoms. The number of amides is 1. The minimum absolute atomic E-state index is 0.302. The lowest BCUT2D eigenvalue weighted by Crippen LogP contribution is -2.41. The highest BCUT2D eigenvalue weighted by atomic mass is 16.3. The van der Waals surface area contributed by atoms with Gasteiger partial charge in [0.15, 0.2) is 11.4 Å². The van der Waals surface area contributed by atoms with Gasteiger partial charge < -0.3 is 14.4 Å². The van der Waals surface area contributed by atoms with Crippen LogP contribution < -0.4 is 4.90 Å². The molecule has 0 aliphatic carbocycles. The van der Waals surface area contributed by atoms with Gasteiger partial charge in [-0.2, -0.15) is 0 Å². The van der Waals surface area contributed by atoms with Crippen LogP contribution in [0.5, 0.6) is 0 Å². The van der Waals surface area contributed by atoms with E-state index in [0.717, 1.165) is 16.3 Å². The Hall–Kier alpha value is -3.96. The van der Waals surface area contributed by atoms with Gasteiger partial charge in [0.05, 0.1) is 24.9 Å². The predicted octanol–water partition coefficient (Wildman–Crippen LogP) is 4.84. The summed E-state index contributed by atoms with van der Waals surface area (Å²) in [5, 5.41) is 13.6. The molecule has 158 valence electrons. The molecule has 5 heteroatoms. The summed E-state index contributed by atoms with van der Waals surface area (Å²) in [5.74, 6) is -0.327. The second kappa shape index (κ2) is 7.94. The van der Waals surface area contributed by atoms with Gasteiger partial charge in [-0.3, -0.25) is 9.59 Å². The minimum atomic E-state index is -1.91. The SMILES string of the molecule is O=C(/C=C\c1ccco1)C[C@]1(O)C(=O)N(Cc2cccc3ccccc23)c2ccccc21. The maximum Gasteiger partial charge on any atom is 0.264 e. The maximum absolute atomic E-state index is 13.5. The summed E-state index contributed by atoms with van der Waals surface area (Å²) >= 11 is 0. The Bertz CT molecular complexity index is 1330. The first-order chi connectivity index (χ1) is 15.6. The first kappa shape index (κ1) is 20.0. The van der Waals surface area contributed by atoms with E-state index in [1.165, 1.54) is 18.4 Å². The van der Waals surface area contributed by atoms with Gasteiger partial charge in [0, 0.05) is 5.56 Å². The molecule has 5 nitrogen and oxygen atoms in total. The van der Waals surface area contributed by atoms with E-state index in [1.807, 2.05) is 48.5 Å². The Balaban J connectivity index is 1.47. The van der Waals surface area contributed by atoms with Crippen molar-refractivity contribution in [1.29, 1.82) is 0 Å². The van der Waals surface area contributed by atoms with Gasteiger partial charge in [-0.1, -0.05) is 60.7 Å². The number of rotatable bonds is 6. The third-order valence-corrected chi connectivity index (χ3v) is 5.85. The molecule has 5 rings (SSSR count). The van der Waals surface area contributed by atoms with E-state index in [2.05, 4.69) is 0 Å². The normalized spacial score (nSPS) is 17.9. The molecule has 3 aromatic carbocycles. The van der Waals surface area contributed by atoms with Crippen LogP contribution in [-0.2, 0) is 21.7 Å². The summed E-state index contributed by atoms with van der Waals surface area (Å²) < 4.78 is 5.20. The Morgan fingerprint density at radius 1 is 0.969 bits per heavy atom. The molecular weight excluding hydrogens is 402 g/mol. The van der Waals surface area contributed by atoms with Gasteiger partial charge in [-0.25, -0.2) is 0 Å². The van der Waals surface area contributed by atoms with Gasteiger partial charge in [0.2, 0.25) is 0 Å². The smallest absolute Gasteiger partial charge is 0.264 e. The molecule has 0 unspecified atom stereocenters. The van der Waals surface area contributed by atoms with Crippen LogP contribution in [-0.4, -0.2) is 16.8 Å². The molecule has 4 aromatic rings. The van der Waals surface area contributed by atoms with Crippen molar-refractivity contribution in [3.05, 3.63) is 108 Å². The highest BCUT2D eigenvalue weighted by molar-refractivity contribution is 6.10. The number of carbonyl (C=O) groups is 2. The second-order valence-electron chi connectivity index (χ2n) is 7.90. The van der Waals surface area contributed by atoms with Crippen LogP contribution in [0.15, 0.2) is 95.6 Å². The molecule has 1 amide bonds. The monoisotopic (exact) mass is 423 g/mol. The number of para-hydroxylation sites is 1. The number of benzene rings is 3. The van der Waals surface area contributed by atoms with Crippen molar-refractivity contribution in [3.8, 4) is 0 Å². The van der Waals surface area contributed by atoms with Crippen LogP contribution in [0.25, 0.3) is 16.8 Å². The molecule has 0 fully saturated rings. The fourth-order valence-corrected chi connectivity index (χ4v) is 4.31. The number of furan rings is 1. The Morgan fingerprint density at radius 3 is 2.59 bits per heavy atom. The molecule has 0 bridgehead atoms. The molecule has 0 radical (unpaired) electrons. The molecule has 1 aromatic heterocycles. The number of fused-ring (bicyclic) bond motifs is 2. The van der Waals surface area contributed by atoms with E-state index in [9.17, 15) is 14.7 Å². The Labute approximate surface area is 185 Å². The second-order valence-corrected chi connectivity index (χ2v) is 7.90. The zero-order valence-corrected chi connectivity index (χ0v) is 17.3. The van der Waals surface area contributed by atoms with Crippen molar-refractivity contribution < 1.29 is 19.1 Å². The quantitative estimate of drug-likeness (QED) is 0.451. The average Bonchev–Trinajstić information content (AvgIpc) is 3.40. The number of allylic oxidation sites excluding steroid dienone is 1. The standard InChI is InChI=1S/C27H21NO4/c29-21(14-15-22-10-6-16-32-22)17-27(31)24-12-3-4-13-25(24)28(26(27)30)18-20-9-5-8-19-7-1-2-11-23(19)20/h1-16,31H,17-18H2/b15-14-/t27-/m1/s1. The number of carbonyl (C=O) groups excluding carboxylic acids is 2. The van der Waals surface area contributed by atoms with E-state index in [4.69, 9.17) is 4.42 Å². The average molecular weight is 423 g/mol. The van der Waals surface area contributed by atoms with Gasteiger partial charge in [-0.05, 0) is 46.7 Å². The fraction of sp³-hybridized carbons (Fsp3) is 0.111. The van der Waals surface area contributed by atoms with Crippen molar-refractivity contribution in [2.45, 2.75) is 18.6 Å². The summed E-state index contributed by atoms with van der Waals surface area (Å²) in [6.07, 6.45) is 4.04. The minimum Gasteiger partial charge on any atom is -0.465 e. The lowest BCUT2D eigenvalue weighted by atomic mass is 9.90. The van der Waals surface area contributed by atoms with Gasteiger partial charge in [0.1, 0.15) is 5.76 Å². The van der Waals surface area contributed by atoms with Crippen molar-refractivity contribution in [3.63, 3.8) is 0 Å². The van der Waals surface area contributed by atoms with Crippen LogP contribution in [0.2, 0.25) is 0 Å². The van der Waals surface area contributed by atoms with Crippen LogP contribution in [0, 0.1) is 0 Å². The van der Waals surface area contributed by atoms with Crippen molar-refractivity contribution in [1.82, 2.24) is 0 Å². The molecule has 2 heterocycles. The van der Waals surface area contributed by atoms with E-state index in [0.29, 0.717) is 23.6 Å². The summed E-state index contributed by atoms with van der Waals surface area (Å²) in [6, 6.07) is 24.5. The highest BCUT2D eigenvalue weighted by Gasteiger charge is 2.50. The van der Waals surface area contributed by atoms with Crippen LogP contribution in [0.1, 0.15) is 23.3 Å². The van der Waals surface area contributed by atoms with E-state index in [-0.39, 0.29) is 12.2 Å². The zero-order chi connectivity index (χ0) is 22.1. The first-order valence-electron chi connectivity index (χ1n) is 10.4. The van der Waals surface area contributed by atoms with Crippen LogP contribution in [0.3, 0.4) is 0 Å². The number of anilines is 1. The highest BCUT2D eigenvalue weighted by Crippen LogP contribution is 2.43. The Morgan fingerprint density at radius 2 is 1.75 bits per heavy atom. The van der Waals surface area contributed by atoms with Gasteiger partial charge in [0.25, 0.3) is 5.91 Å². The third-order valence-electron chi connectivity index (χ3n) is 5.85. The summed E-state index contributed by atoms with van der Waals surface area (Å²) in [6.45, 7) is 0.302. The molecule has 0 spiro atoms. The third kappa shape index (κ3) is 3.43. The molecule has 1 aliphatic heterocycles. The molecule has 0 saturated heterocycles. The lowest BCUT2D eigenvalue weighted by molar-refractivity contribution is -0.140. The number of aliphatic hydroxyl groups is 1. The number of ketones is 1. The van der Waals surface area contributed by atoms with Crippen LogP contribution >= 0.6 is 0 Å². The van der Waals surface area contributed by atoms with E-state index in [1.54, 1.807) is 35.2 Å². The van der Waals surface area contributed by atoms with Gasteiger partial charge in [-0.15, -0.1) is 0 Å². The fourth-order valence-electron chi connectivity index (χ4n) is 4.31. The van der Waals surface area contributed by atoms with E-state index < -0.39 is 11.5 Å². The summed E-state index contributed by atoms with van der Waals surface area (Å²) in [4.78, 5) is 27.7. The van der Waals surface area contributed by atoms with Crippen LogP contribution in [0.4, 0.5) is 5.69 Å². The van der Waals surface area contributed by atoms with Crippen molar-refractivity contribution >= 4 is 34.2 Å². The maximum atomic E-state index is 13.5. The lowest BCUT2D eigenvalue weighted by Gasteiger charge is -2.23. The summed E-state index contributed by atoms with van der Waals surface area (Å²) in [5.41, 5.74) is 0.131. The molecule has 1 aliphatic rings. The van der Waals surface area contributed by atoms with Crippen molar-refractivity contribution in [2.24, 2.45) is 0 Å². The van der Waals surface area contributed by atoms with Gasteiger partial charge >= 0.3 is 0 Å². The summed E-state index contributed by atoms with van der Waals surface area (Å²) in [7, 11) is 0. The molecule has 1 N–H and O–H groups in total. The Kier molecular flexibility index (Phi) is 4.96. The number of nitrogens with zero attached hydrogens (tertiary/aromatic N) is 1. The zero-order valence-electron chi connectivity index (χ0n) is 17.3. The molecule has 0 saturated carbocycles. The number of hydrogen-bond donors (Lipinski definition) is 1. The molecule has 1 atom stereocenters.